The van der Waals surface area contributed by atoms with Crippen LogP contribution in [0.4, 0.5) is 0 Å². The number of ether oxygens (including phenoxy) is 2. The number of carbonyl (C=O) groups is 2. The highest BCUT2D eigenvalue weighted by Gasteiger charge is 2.43. The summed E-state index contributed by atoms with van der Waals surface area (Å²) in [6, 6.07) is 0. The lowest BCUT2D eigenvalue weighted by molar-refractivity contribution is -0.154. The highest BCUT2D eigenvalue weighted by atomic mass is 16.6. The molecule has 0 amide bonds. The van der Waals surface area contributed by atoms with E-state index in [1.807, 2.05) is 0 Å². The Morgan fingerprint density at radius 3 is 2.62 bits per heavy atom. The van der Waals surface area contributed by atoms with Gasteiger partial charge in [-0.15, -0.1) is 0 Å². The Morgan fingerprint density at radius 2 is 2.23 bits per heavy atom. The maximum absolute atomic E-state index is 10.7. The minimum Gasteiger partial charge on any atom is -0.462 e. The fraction of sp³-hybridized carbons (Fsp3) is 0.714. The molecule has 0 unspecified atom stereocenters. The van der Waals surface area contributed by atoms with Crippen molar-refractivity contribution >= 4 is 11.9 Å². The normalized spacial score (nSPS) is 32.8. The molecule has 1 saturated heterocycles. The minimum atomic E-state index is -1.54. The van der Waals surface area contributed by atoms with Crippen LogP contribution < -0.4 is 0 Å². The Kier molecular flexibility index (Phi) is 2.84. The molecule has 1 rings (SSSR count). The topological polar surface area (TPSA) is 93.1 Å². The molecule has 0 aromatic rings. The first kappa shape index (κ1) is 9.94. The van der Waals surface area contributed by atoms with Crippen LogP contribution in [0.15, 0.2) is 0 Å². The van der Waals surface area contributed by atoms with Crippen LogP contribution in [0, 0.1) is 0 Å². The summed E-state index contributed by atoms with van der Waals surface area (Å²) in [4.78, 5) is 21.0. The minimum absolute atomic E-state index is 0.237. The first-order valence-electron chi connectivity index (χ1n) is 3.72. The Labute approximate surface area is 74.1 Å². The van der Waals surface area contributed by atoms with E-state index in [4.69, 9.17) is 10.2 Å². The molecule has 6 heteroatoms. The number of carbonyl (C=O) groups excluding carboxylic acids is 2. The SMILES string of the molecule is CC(=O)OC[C@H]1OC(=O)[C@H](O)[C@@H]1O. The summed E-state index contributed by atoms with van der Waals surface area (Å²) >= 11 is 0. The van der Waals surface area contributed by atoms with E-state index in [1.54, 1.807) is 0 Å². The van der Waals surface area contributed by atoms with Gasteiger partial charge in [0.1, 0.15) is 12.7 Å². The molecule has 74 valence electrons. The summed E-state index contributed by atoms with van der Waals surface area (Å²) in [6.07, 6.45) is -3.83. The molecule has 13 heavy (non-hydrogen) atoms. The Hall–Kier alpha value is -1.14. The second-order valence-corrected chi connectivity index (χ2v) is 2.71. The zero-order valence-corrected chi connectivity index (χ0v) is 6.97. The van der Waals surface area contributed by atoms with Gasteiger partial charge in [-0.3, -0.25) is 4.79 Å². The number of aliphatic hydroxyl groups excluding tert-OH is 2. The lowest BCUT2D eigenvalue weighted by atomic mass is 10.1. The van der Waals surface area contributed by atoms with Crippen molar-refractivity contribution in [3.05, 3.63) is 0 Å². The van der Waals surface area contributed by atoms with E-state index in [2.05, 4.69) is 9.47 Å². The molecule has 0 aromatic heterocycles. The zero-order chi connectivity index (χ0) is 10.0. The van der Waals surface area contributed by atoms with Gasteiger partial charge >= 0.3 is 11.9 Å². The van der Waals surface area contributed by atoms with Gasteiger partial charge in [0.05, 0.1) is 0 Å². The van der Waals surface area contributed by atoms with E-state index in [0.717, 1.165) is 0 Å². The Bertz CT molecular complexity index is 225. The number of aliphatic hydroxyl groups is 2. The number of cyclic esters (lactones) is 1. The molecule has 1 fully saturated rings. The molecule has 6 nitrogen and oxygen atoms in total. The standard InChI is InChI=1S/C7H10O6/c1-3(8)12-2-4-5(9)6(10)7(11)13-4/h4-6,9-10H,2H2,1H3/t4-,5-,6-/m1/s1. The molecule has 3 atom stereocenters. The molecule has 0 saturated carbocycles. The predicted molar refractivity (Wildman–Crippen MR) is 38.5 cm³/mol. The molecule has 0 aliphatic carbocycles. The van der Waals surface area contributed by atoms with Crippen molar-refractivity contribution in [2.24, 2.45) is 0 Å². The van der Waals surface area contributed by atoms with Crippen LogP contribution in [0.2, 0.25) is 0 Å². The molecule has 1 heterocycles. The maximum atomic E-state index is 10.7. The molecule has 1 aliphatic heterocycles. The predicted octanol–water partition coefficient (Wildman–Crippen LogP) is -1.80. The van der Waals surface area contributed by atoms with Crippen molar-refractivity contribution in [3.8, 4) is 0 Å². The molecule has 2 N–H and O–H groups in total. The van der Waals surface area contributed by atoms with Crippen LogP contribution in [0.3, 0.4) is 0 Å². The summed E-state index contributed by atoms with van der Waals surface area (Å²) in [5.41, 5.74) is 0. The summed E-state index contributed by atoms with van der Waals surface area (Å²) < 4.78 is 9.03. The van der Waals surface area contributed by atoms with Crippen LogP contribution in [-0.2, 0) is 19.1 Å². The van der Waals surface area contributed by atoms with Crippen LogP contribution in [0.25, 0.3) is 0 Å². The fourth-order valence-electron chi connectivity index (χ4n) is 0.963. The maximum Gasteiger partial charge on any atom is 0.338 e. The molecule has 0 radical (unpaired) electrons. The van der Waals surface area contributed by atoms with Crippen molar-refractivity contribution in [2.75, 3.05) is 6.61 Å². The average Bonchev–Trinajstić information content (AvgIpc) is 2.29. The first-order chi connectivity index (χ1) is 6.02. The third kappa shape index (κ3) is 2.16. The third-order valence-electron chi connectivity index (χ3n) is 1.66. The summed E-state index contributed by atoms with van der Waals surface area (Å²) in [5.74, 6) is -1.44. The summed E-state index contributed by atoms with van der Waals surface area (Å²) in [7, 11) is 0. The van der Waals surface area contributed by atoms with Crippen molar-refractivity contribution in [1.82, 2.24) is 0 Å². The molecular formula is C7H10O6. The van der Waals surface area contributed by atoms with E-state index >= 15 is 0 Å². The third-order valence-corrected chi connectivity index (χ3v) is 1.66. The highest BCUT2D eigenvalue weighted by molar-refractivity contribution is 5.77. The van der Waals surface area contributed by atoms with Gasteiger partial charge in [0, 0.05) is 6.92 Å². The lowest BCUT2D eigenvalue weighted by Gasteiger charge is -2.12. The Balaban J connectivity index is 2.44. The van der Waals surface area contributed by atoms with E-state index in [0.29, 0.717) is 0 Å². The summed E-state index contributed by atoms with van der Waals surface area (Å²) in [6.45, 7) is 0.957. The fourth-order valence-corrected chi connectivity index (χ4v) is 0.963. The van der Waals surface area contributed by atoms with Gasteiger partial charge in [-0.05, 0) is 0 Å². The number of hydrogen-bond acceptors (Lipinski definition) is 6. The second kappa shape index (κ2) is 3.71. The molecular weight excluding hydrogens is 180 g/mol. The van der Waals surface area contributed by atoms with Gasteiger partial charge in [-0.1, -0.05) is 0 Å². The van der Waals surface area contributed by atoms with Crippen molar-refractivity contribution in [2.45, 2.75) is 25.2 Å². The van der Waals surface area contributed by atoms with Crippen LogP contribution in [0.5, 0.6) is 0 Å². The lowest BCUT2D eigenvalue weighted by Crippen LogP contribution is -2.33. The van der Waals surface area contributed by atoms with Gasteiger partial charge in [0.15, 0.2) is 12.2 Å². The van der Waals surface area contributed by atoms with Gasteiger partial charge in [-0.25, -0.2) is 4.79 Å². The van der Waals surface area contributed by atoms with Gasteiger partial charge in [-0.2, -0.15) is 0 Å². The molecule has 1 aliphatic rings. The monoisotopic (exact) mass is 190 g/mol. The van der Waals surface area contributed by atoms with E-state index in [1.165, 1.54) is 6.92 Å². The first-order valence-corrected chi connectivity index (χ1v) is 3.72. The van der Waals surface area contributed by atoms with E-state index in [9.17, 15) is 9.59 Å². The van der Waals surface area contributed by atoms with E-state index in [-0.39, 0.29) is 6.61 Å². The zero-order valence-electron chi connectivity index (χ0n) is 6.97. The highest BCUT2D eigenvalue weighted by Crippen LogP contribution is 2.15. The van der Waals surface area contributed by atoms with Gasteiger partial charge < -0.3 is 19.7 Å². The van der Waals surface area contributed by atoms with Crippen molar-refractivity contribution in [3.63, 3.8) is 0 Å². The molecule has 0 spiro atoms. The second-order valence-electron chi connectivity index (χ2n) is 2.71. The summed E-state index contributed by atoms with van der Waals surface area (Å²) in [5, 5.41) is 18.1. The number of hydrogen-bond donors (Lipinski definition) is 2. The van der Waals surface area contributed by atoms with Crippen molar-refractivity contribution in [1.29, 1.82) is 0 Å². The average molecular weight is 190 g/mol. The largest absolute Gasteiger partial charge is 0.462 e. The van der Waals surface area contributed by atoms with Crippen LogP contribution in [0.1, 0.15) is 6.92 Å². The van der Waals surface area contributed by atoms with Crippen LogP contribution in [-0.4, -0.2) is 47.1 Å². The van der Waals surface area contributed by atoms with Crippen LogP contribution >= 0.6 is 0 Å². The van der Waals surface area contributed by atoms with Crippen molar-refractivity contribution < 1.29 is 29.3 Å². The number of esters is 2. The van der Waals surface area contributed by atoms with Gasteiger partial charge in [0.2, 0.25) is 0 Å². The van der Waals surface area contributed by atoms with Gasteiger partial charge in [0.25, 0.3) is 0 Å². The quantitative estimate of drug-likeness (QED) is 0.499. The Morgan fingerprint density at radius 1 is 1.62 bits per heavy atom. The smallest absolute Gasteiger partial charge is 0.338 e. The van der Waals surface area contributed by atoms with E-state index < -0.39 is 30.3 Å². The molecule has 0 bridgehead atoms. The molecule has 0 aromatic carbocycles. The number of rotatable bonds is 2.